The Morgan fingerprint density at radius 3 is 2.21 bits per heavy atom. The van der Waals surface area contributed by atoms with Crippen molar-refractivity contribution in [2.24, 2.45) is 0 Å². The van der Waals surface area contributed by atoms with Gasteiger partial charge in [0, 0.05) is 29.9 Å². The molecule has 0 saturated heterocycles. The van der Waals surface area contributed by atoms with E-state index in [1.165, 1.54) is 24.8 Å². The highest BCUT2D eigenvalue weighted by atomic mass is 16.5. The first-order valence-electron chi connectivity index (χ1n) is 12.0. The van der Waals surface area contributed by atoms with Crippen LogP contribution in [0.2, 0.25) is 0 Å². The Morgan fingerprint density at radius 2 is 1.55 bits per heavy atom. The molecule has 0 spiro atoms. The highest BCUT2D eigenvalue weighted by molar-refractivity contribution is 5.73. The zero-order valence-corrected chi connectivity index (χ0v) is 19.6. The van der Waals surface area contributed by atoms with E-state index in [-0.39, 0.29) is 5.97 Å². The van der Waals surface area contributed by atoms with Crippen LogP contribution in [0.25, 0.3) is 22.5 Å². The van der Waals surface area contributed by atoms with Crippen LogP contribution < -0.4 is 4.74 Å². The normalized spacial score (nSPS) is 10.7. The van der Waals surface area contributed by atoms with Gasteiger partial charge in [-0.1, -0.05) is 68.7 Å². The van der Waals surface area contributed by atoms with Crippen molar-refractivity contribution in [3.63, 3.8) is 0 Å². The van der Waals surface area contributed by atoms with Gasteiger partial charge < -0.3 is 4.74 Å². The van der Waals surface area contributed by atoms with E-state index in [1.807, 2.05) is 42.7 Å². The minimum absolute atomic E-state index is 0.189. The zero-order chi connectivity index (χ0) is 23.3. The predicted molar refractivity (Wildman–Crippen MR) is 135 cm³/mol. The third-order valence-corrected chi connectivity index (χ3v) is 5.64. The molecular formula is C29H34N2O2. The van der Waals surface area contributed by atoms with Crippen LogP contribution in [0.15, 0.2) is 73.6 Å². The summed E-state index contributed by atoms with van der Waals surface area (Å²) in [6.45, 7) is 5.93. The van der Waals surface area contributed by atoms with Crippen LogP contribution in [0, 0.1) is 0 Å². The maximum Gasteiger partial charge on any atom is 0.311 e. The Hall–Kier alpha value is -3.27. The van der Waals surface area contributed by atoms with E-state index in [1.54, 1.807) is 0 Å². The monoisotopic (exact) mass is 442 g/mol. The van der Waals surface area contributed by atoms with Crippen molar-refractivity contribution in [2.45, 2.75) is 64.7 Å². The Bertz CT molecular complexity index is 993. The number of hydrogen-bond acceptors (Lipinski definition) is 4. The van der Waals surface area contributed by atoms with Gasteiger partial charge in [-0.25, -0.2) is 9.97 Å². The molecule has 3 aromatic rings. The van der Waals surface area contributed by atoms with E-state index in [2.05, 4.69) is 47.7 Å². The summed E-state index contributed by atoms with van der Waals surface area (Å²) in [6, 6.07) is 16.0. The number of aryl methyl sites for hydroxylation is 1. The van der Waals surface area contributed by atoms with Gasteiger partial charge in [0.05, 0.1) is 0 Å². The van der Waals surface area contributed by atoms with Gasteiger partial charge in [-0.15, -0.1) is 6.58 Å². The minimum atomic E-state index is -0.189. The number of benzene rings is 2. The van der Waals surface area contributed by atoms with Gasteiger partial charge in [-0.3, -0.25) is 4.79 Å². The van der Waals surface area contributed by atoms with Gasteiger partial charge in [-0.05, 0) is 55.4 Å². The first kappa shape index (κ1) is 24.4. The first-order chi connectivity index (χ1) is 16.2. The van der Waals surface area contributed by atoms with Gasteiger partial charge in [-0.2, -0.15) is 0 Å². The third kappa shape index (κ3) is 7.98. The Labute approximate surface area is 197 Å². The van der Waals surface area contributed by atoms with Crippen LogP contribution in [-0.4, -0.2) is 15.9 Å². The van der Waals surface area contributed by atoms with Crippen molar-refractivity contribution < 1.29 is 9.53 Å². The van der Waals surface area contributed by atoms with Gasteiger partial charge in [0.1, 0.15) is 5.75 Å². The maximum atomic E-state index is 12.0. The molecule has 0 bridgehead atoms. The molecule has 0 aliphatic carbocycles. The summed E-state index contributed by atoms with van der Waals surface area (Å²) in [6.07, 6.45) is 14.8. The van der Waals surface area contributed by atoms with Crippen molar-refractivity contribution in [3.05, 3.63) is 79.1 Å². The topological polar surface area (TPSA) is 52.1 Å². The average molecular weight is 443 g/mol. The number of carbonyl (C=O) groups is 1. The number of hydrogen-bond donors (Lipinski definition) is 0. The summed E-state index contributed by atoms with van der Waals surface area (Å²) in [5.41, 5.74) is 4.29. The molecule has 172 valence electrons. The molecule has 2 aromatic carbocycles. The lowest BCUT2D eigenvalue weighted by Gasteiger charge is -2.07. The third-order valence-electron chi connectivity index (χ3n) is 5.64. The number of esters is 1. The fraction of sp³-hybridized carbons (Fsp3) is 0.345. The second kappa shape index (κ2) is 13.3. The smallest absolute Gasteiger partial charge is 0.311 e. The number of rotatable bonds is 13. The summed E-state index contributed by atoms with van der Waals surface area (Å²) >= 11 is 0. The van der Waals surface area contributed by atoms with Crippen LogP contribution in [0.5, 0.6) is 5.75 Å². The summed E-state index contributed by atoms with van der Waals surface area (Å²) < 4.78 is 5.44. The average Bonchev–Trinajstić information content (AvgIpc) is 2.85. The molecule has 0 saturated carbocycles. The van der Waals surface area contributed by atoms with Crippen LogP contribution in [0.4, 0.5) is 0 Å². The molecule has 0 amide bonds. The van der Waals surface area contributed by atoms with Gasteiger partial charge in [0.25, 0.3) is 0 Å². The summed E-state index contributed by atoms with van der Waals surface area (Å²) in [5.74, 6) is 1.09. The Balaban J connectivity index is 1.53. The van der Waals surface area contributed by atoms with Crippen molar-refractivity contribution in [1.82, 2.24) is 9.97 Å². The lowest BCUT2D eigenvalue weighted by atomic mass is 10.0. The molecule has 0 aliphatic heterocycles. The fourth-order valence-corrected chi connectivity index (χ4v) is 3.66. The lowest BCUT2D eigenvalue weighted by molar-refractivity contribution is -0.134. The fourth-order valence-electron chi connectivity index (χ4n) is 3.66. The van der Waals surface area contributed by atoms with Crippen LogP contribution in [0.3, 0.4) is 0 Å². The molecule has 3 rings (SSSR count). The standard InChI is InChI=1S/C29H34N2O2/c1-3-5-7-8-10-12-28(32)33-27-19-17-24(18-20-27)26-21-30-29(31-22-26)25-15-13-23(14-16-25)11-9-6-4-2/h3,13-22H,1,4-12H2,2H3. The largest absolute Gasteiger partial charge is 0.427 e. The predicted octanol–water partition coefficient (Wildman–Crippen LogP) is 7.59. The van der Waals surface area contributed by atoms with E-state index in [4.69, 9.17) is 4.74 Å². The molecule has 4 nitrogen and oxygen atoms in total. The van der Waals surface area contributed by atoms with E-state index in [0.717, 1.165) is 54.6 Å². The second-order valence-corrected chi connectivity index (χ2v) is 8.34. The molecule has 0 radical (unpaired) electrons. The van der Waals surface area contributed by atoms with Gasteiger partial charge in [0.2, 0.25) is 0 Å². The number of nitrogens with zero attached hydrogens (tertiary/aromatic N) is 2. The van der Waals surface area contributed by atoms with Gasteiger partial charge in [0.15, 0.2) is 5.82 Å². The number of allylic oxidation sites excluding steroid dienone is 1. The summed E-state index contributed by atoms with van der Waals surface area (Å²) in [7, 11) is 0. The zero-order valence-electron chi connectivity index (χ0n) is 19.6. The van der Waals surface area contributed by atoms with E-state index in [0.29, 0.717) is 12.2 Å². The van der Waals surface area contributed by atoms with E-state index in [9.17, 15) is 4.79 Å². The summed E-state index contributed by atoms with van der Waals surface area (Å²) in [4.78, 5) is 21.1. The van der Waals surface area contributed by atoms with Gasteiger partial charge >= 0.3 is 5.97 Å². The van der Waals surface area contributed by atoms with Crippen molar-refractivity contribution in [1.29, 1.82) is 0 Å². The molecule has 0 N–H and O–H groups in total. The molecule has 0 fully saturated rings. The maximum absolute atomic E-state index is 12.0. The molecular weight excluding hydrogens is 408 g/mol. The first-order valence-corrected chi connectivity index (χ1v) is 12.0. The molecule has 4 heteroatoms. The lowest BCUT2D eigenvalue weighted by Crippen LogP contribution is -2.07. The molecule has 1 aromatic heterocycles. The number of ether oxygens (including phenoxy) is 1. The minimum Gasteiger partial charge on any atom is -0.427 e. The van der Waals surface area contributed by atoms with E-state index >= 15 is 0 Å². The molecule has 0 unspecified atom stereocenters. The highest BCUT2D eigenvalue weighted by Crippen LogP contribution is 2.24. The van der Waals surface area contributed by atoms with Crippen LogP contribution in [-0.2, 0) is 11.2 Å². The number of aromatic nitrogens is 2. The highest BCUT2D eigenvalue weighted by Gasteiger charge is 2.07. The number of carbonyl (C=O) groups excluding carboxylic acids is 1. The Morgan fingerprint density at radius 1 is 0.848 bits per heavy atom. The van der Waals surface area contributed by atoms with Crippen molar-refractivity contribution in [2.75, 3.05) is 0 Å². The SMILES string of the molecule is C=CCCCCCC(=O)Oc1ccc(-c2cnc(-c3ccc(CCCCC)cc3)nc2)cc1. The molecule has 0 aliphatic rings. The van der Waals surface area contributed by atoms with Crippen LogP contribution >= 0.6 is 0 Å². The van der Waals surface area contributed by atoms with Crippen molar-refractivity contribution >= 4 is 5.97 Å². The van der Waals surface area contributed by atoms with Crippen molar-refractivity contribution in [3.8, 4) is 28.3 Å². The number of unbranched alkanes of at least 4 members (excludes halogenated alkanes) is 5. The molecule has 1 heterocycles. The molecule has 33 heavy (non-hydrogen) atoms. The Kier molecular flexibility index (Phi) is 9.84. The summed E-state index contributed by atoms with van der Waals surface area (Å²) in [5, 5.41) is 0. The quantitative estimate of drug-likeness (QED) is 0.118. The van der Waals surface area contributed by atoms with E-state index < -0.39 is 0 Å². The van der Waals surface area contributed by atoms with Crippen LogP contribution in [0.1, 0.15) is 63.9 Å². The molecule has 0 atom stereocenters. The second-order valence-electron chi connectivity index (χ2n) is 8.34.